The number of aromatic nitrogens is 1. The Bertz CT molecular complexity index is 1900. The highest BCUT2D eigenvalue weighted by Crippen LogP contribution is 2.42. The van der Waals surface area contributed by atoms with Crippen molar-refractivity contribution >= 4 is 11.9 Å². The zero-order valence-corrected chi connectivity index (χ0v) is 32.2. The number of carbonyl (C=O) groups is 2. The third-order valence-corrected chi connectivity index (χ3v) is 11.9. The fraction of sp³-hybridized carbons (Fsp3) is 0.558. The van der Waals surface area contributed by atoms with Crippen LogP contribution >= 0.6 is 0 Å². The Hall–Kier alpha value is -4.12. The molecule has 2 fully saturated rings. The highest BCUT2D eigenvalue weighted by Gasteiger charge is 2.39. The van der Waals surface area contributed by atoms with E-state index in [0.29, 0.717) is 43.6 Å². The number of nitrogens with one attached hydrogen (secondary N) is 1. The van der Waals surface area contributed by atoms with E-state index in [4.69, 9.17) is 4.74 Å². The number of piperidine rings is 1. The predicted molar refractivity (Wildman–Crippen MR) is 203 cm³/mol. The van der Waals surface area contributed by atoms with Gasteiger partial charge >= 0.3 is 12.1 Å². The van der Waals surface area contributed by atoms with Crippen molar-refractivity contribution in [1.82, 2.24) is 14.8 Å². The number of hydrogen-bond acceptors (Lipinski definition) is 5. The largest absolute Gasteiger partial charge is 0.497 e. The molecule has 2 atom stereocenters. The summed E-state index contributed by atoms with van der Waals surface area (Å²) in [6, 6.07) is 6.93. The first-order valence-electron chi connectivity index (χ1n) is 19.5. The average molecular weight is 750 g/mol. The number of aliphatic carboxylic acids is 1. The number of amides is 1. The Morgan fingerprint density at radius 3 is 2.22 bits per heavy atom. The quantitative estimate of drug-likeness (QED) is 0.192. The minimum atomic E-state index is -4.73. The lowest BCUT2D eigenvalue weighted by atomic mass is 9.86. The molecule has 292 valence electrons. The number of benzene rings is 2. The van der Waals surface area contributed by atoms with Gasteiger partial charge in [-0.3, -0.25) is 14.4 Å². The number of alkyl halides is 3. The van der Waals surface area contributed by atoms with E-state index in [2.05, 4.69) is 10.2 Å². The van der Waals surface area contributed by atoms with E-state index in [9.17, 15) is 32.7 Å². The minimum absolute atomic E-state index is 0.0466. The van der Waals surface area contributed by atoms with Crippen molar-refractivity contribution < 1.29 is 32.6 Å². The summed E-state index contributed by atoms with van der Waals surface area (Å²) >= 11 is 0. The van der Waals surface area contributed by atoms with Crippen LogP contribution in [0, 0.1) is 19.8 Å². The summed E-state index contributed by atoms with van der Waals surface area (Å²) < 4.78 is 50.2. The Morgan fingerprint density at radius 2 is 1.63 bits per heavy atom. The first kappa shape index (κ1) is 39.6. The van der Waals surface area contributed by atoms with Gasteiger partial charge in [-0.2, -0.15) is 13.2 Å². The van der Waals surface area contributed by atoms with Gasteiger partial charge in [-0.25, -0.2) is 0 Å². The van der Waals surface area contributed by atoms with Crippen LogP contribution in [0.25, 0.3) is 11.1 Å². The summed E-state index contributed by atoms with van der Waals surface area (Å²) in [6.07, 6.45) is 4.61. The smallest absolute Gasteiger partial charge is 0.416 e. The maximum Gasteiger partial charge on any atom is 0.416 e. The van der Waals surface area contributed by atoms with Crippen molar-refractivity contribution in [1.29, 1.82) is 0 Å². The highest BCUT2D eigenvalue weighted by atomic mass is 19.4. The van der Waals surface area contributed by atoms with Gasteiger partial charge in [0.05, 0.1) is 25.1 Å². The molecule has 54 heavy (non-hydrogen) atoms. The van der Waals surface area contributed by atoms with E-state index < -0.39 is 53.6 Å². The maximum absolute atomic E-state index is 14.5. The van der Waals surface area contributed by atoms with E-state index in [-0.39, 0.29) is 17.9 Å². The molecule has 2 aromatic carbocycles. The molecule has 3 aliphatic rings. The molecule has 8 nitrogen and oxygen atoms in total. The van der Waals surface area contributed by atoms with Gasteiger partial charge in [0, 0.05) is 18.3 Å². The predicted octanol–water partition coefficient (Wildman–Crippen LogP) is 8.69. The third kappa shape index (κ3) is 8.56. The van der Waals surface area contributed by atoms with Crippen molar-refractivity contribution in [3.8, 4) is 16.9 Å². The lowest BCUT2D eigenvalue weighted by molar-refractivity contribution is -0.139. The fourth-order valence-electron chi connectivity index (χ4n) is 9.33. The molecule has 0 spiro atoms. The summed E-state index contributed by atoms with van der Waals surface area (Å²) in [5.74, 6) is -1.48. The van der Waals surface area contributed by atoms with Gasteiger partial charge in [0.25, 0.3) is 5.56 Å². The van der Waals surface area contributed by atoms with Crippen LogP contribution in [0.5, 0.6) is 5.75 Å². The molecule has 3 aromatic rings. The zero-order valence-electron chi connectivity index (χ0n) is 32.2. The van der Waals surface area contributed by atoms with Crippen LogP contribution in [0.15, 0.2) is 41.3 Å². The number of pyridine rings is 1. The number of methoxy groups -OCH3 is 1. The van der Waals surface area contributed by atoms with Crippen LogP contribution < -0.4 is 15.6 Å². The highest BCUT2D eigenvalue weighted by molar-refractivity contribution is 5.82. The molecule has 1 amide bonds. The molecule has 0 bridgehead atoms. The fourth-order valence-corrected chi connectivity index (χ4v) is 9.33. The van der Waals surface area contributed by atoms with Gasteiger partial charge in [0.1, 0.15) is 11.8 Å². The van der Waals surface area contributed by atoms with Gasteiger partial charge in [-0.05, 0) is 153 Å². The number of halogens is 3. The number of likely N-dealkylation sites (tertiary alicyclic amines) is 1. The number of hydrogen-bond donors (Lipinski definition) is 2. The lowest BCUT2D eigenvalue weighted by Gasteiger charge is -2.37. The zero-order chi connectivity index (χ0) is 38.9. The van der Waals surface area contributed by atoms with Crippen LogP contribution in [0.3, 0.4) is 0 Å². The number of carboxylic acid groups (broad SMARTS) is 1. The molecular formula is C43H54F3N3O5. The van der Waals surface area contributed by atoms with Gasteiger partial charge < -0.3 is 24.6 Å². The standard InChI is InChI=1S/C43H54F3N3O5/c1-25(2)17-38(49-24-35(36(22-39(49)50)43(44,45)46)28-13-15-48(16-14-28)31-10-6-7-11-31)42(53)47-37(23-40(51)52)30-20-29-9-8-12-33(29)34(21-30)41-26(3)18-32(54-5)19-27(41)4/h18-22,24-25,28,31,37-38H,6-17,23H2,1-5H3,(H,47,53)(H,51,52)/t37-,38+/m1/s1. The average Bonchev–Trinajstić information content (AvgIpc) is 3.83. The second kappa shape index (κ2) is 16.3. The van der Waals surface area contributed by atoms with Crippen molar-refractivity contribution in [2.24, 2.45) is 5.92 Å². The van der Waals surface area contributed by atoms with Gasteiger partial charge in [0.15, 0.2) is 0 Å². The van der Waals surface area contributed by atoms with E-state index in [1.807, 2.05) is 52.0 Å². The molecule has 2 heterocycles. The molecule has 0 radical (unpaired) electrons. The number of aryl methyl sites for hydroxylation is 3. The molecule has 1 saturated heterocycles. The Labute approximate surface area is 316 Å². The first-order valence-corrected chi connectivity index (χ1v) is 19.5. The Balaban J connectivity index is 1.36. The molecule has 2 aliphatic carbocycles. The normalized spacial score (nSPS) is 18.2. The van der Waals surface area contributed by atoms with Crippen LogP contribution in [0.2, 0.25) is 0 Å². The summed E-state index contributed by atoms with van der Waals surface area (Å²) in [5.41, 5.74) is 5.18. The van der Waals surface area contributed by atoms with Crippen molar-refractivity contribution in [2.75, 3.05) is 20.2 Å². The lowest BCUT2D eigenvalue weighted by Crippen LogP contribution is -2.42. The monoisotopic (exact) mass is 749 g/mol. The van der Waals surface area contributed by atoms with Crippen molar-refractivity contribution in [3.05, 3.63) is 85.8 Å². The molecule has 11 heteroatoms. The number of carboxylic acids is 1. The summed E-state index contributed by atoms with van der Waals surface area (Å²) in [4.78, 5) is 42.8. The molecule has 1 saturated carbocycles. The summed E-state index contributed by atoms with van der Waals surface area (Å²) in [6.45, 7) is 9.18. The number of rotatable bonds is 12. The van der Waals surface area contributed by atoms with Gasteiger partial charge in [-0.1, -0.05) is 32.8 Å². The van der Waals surface area contributed by atoms with Crippen LogP contribution in [-0.2, 0) is 28.6 Å². The second-order valence-corrected chi connectivity index (χ2v) is 16.1. The molecule has 6 rings (SSSR count). The van der Waals surface area contributed by atoms with Gasteiger partial charge in [-0.15, -0.1) is 0 Å². The molecular weight excluding hydrogens is 695 g/mol. The number of fused-ring (bicyclic) bond motifs is 1. The first-order chi connectivity index (χ1) is 25.6. The Kier molecular flexibility index (Phi) is 12.0. The number of nitrogens with zero attached hydrogens (tertiary/aromatic N) is 2. The minimum Gasteiger partial charge on any atom is -0.497 e. The van der Waals surface area contributed by atoms with E-state index in [0.717, 1.165) is 65.7 Å². The molecule has 1 aromatic heterocycles. The molecule has 2 N–H and O–H groups in total. The van der Waals surface area contributed by atoms with Crippen LogP contribution in [0.4, 0.5) is 13.2 Å². The molecule has 1 aliphatic heterocycles. The van der Waals surface area contributed by atoms with E-state index in [1.54, 1.807) is 7.11 Å². The van der Waals surface area contributed by atoms with Crippen LogP contribution in [-0.4, -0.2) is 52.7 Å². The van der Waals surface area contributed by atoms with Crippen molar-refractivity contribution in [3.63, 3.8) is 0 Å². The SMILES string of the molecule is COc1cc(C)c(-c2cc([C@@H](CC(=O)O)NC(=O)[C@H](CC(C)C)n3cc(C4CCN(C5CCCC5)CC4)c(C(F)(F)F)cc3=O)cc3c2CCC3)c(C)c1. The van der Waals surface area contributed by atoms with E-state index in [1.165, 1.54) is 29.2 Å². The van der Waals surface area contributed by atoms with Crippen molar-refractivity contribution in [2.45, 2.75) is 129 Å². The van der Waals surface area contributed by atoms with Gasteiger partial charge in [0.2, 0.25) is 5.91 Å². The number of carbonyl (C=O) groups excluding carboxylic acids is 1. The second-order valence-electron chi connectivity index (χ2n) is 16.1. The molecule has 0 unspecified atom stereocenters. The van der Waals surface area contributed by atoms with Crippen LogP contribution in [0.1, 0.15) is 129 Å². The summed E-state index contributed by atoms with van der Waals surface area (Å²) in [7, 11) is 1.62. The topological polar surface area (TPSA) is 101 Å². The third-order valence-electron chi connectivity index (χ3n) is 11.9. The maximum atomic E-state index is 14.5. The van der Waals surface area contributed by atoms with E-state index >= 15 is 0 Å². The Morgan fingerprint density at radius 1 is 0.963 bits per heavy atom. The number of ether oxygens (including phenoxy) is 1. The summed E-state index contributed by atoms with van der Waals surface area (Å²) in [5, 5.41) is 13.0.